The van der Waals surface area contributed by atoms with Gasteiger partial charge in [-0.25, -0.2) is 0 Å². The molecular weight excluding hydrogens is 462 g/mol. The Balaban J connectivity index is 1.66. The molecule has 1 atom stereocenters. The van der Waals surface area contributed by atoms with Crippen molar-refractivity contribution in [2.75, 3.05) is 18.2 Å². The van der Waals surface area contributed by atoms with Gasteiger partial charge in [-0.05, 0) is 30.2 Å². The third-order valence-electron chi connectivity index (χ3n) is 4.90. The minimum absolute atomic E-state index is 0.0496. The number of carbonyl (C=O) groups excluding carboxylic acids is 2. The highest BCUT2D eigenvalue weighted by Gasteiger charge is 2.26. The van der Waals surface area contributed by atoms with Gasteiger partial charge in [0.25, 0.3) is 5.91 Å². The molecule has 2 amide bonds. The van der Waals surface area contributed by atoms with Crippen molar-refractivity contribution in [3.8, 4) is 5.75 Å². The molecule has 0 saturated carbocycles. The minimum atomic E-state index is -0.383. The number of nitrogens with zero attached hydrogens (tertiary/aromatic N) is 3. The van der Waals surface area contributed by atoms with Gasteiger partial charge in [-0.1, -0.05) is 55.4 Å². The lowest BCUT2D eigenvalue weighted by Crippen LogP contribution is -2.33. The van der Waals surface area contributed by atoms with Crippen LogP contribution in [-0.2, 0) is 11.8 Å². The number of amides is 2. The fourth-order valence-corrected chi connectivity index (χ4v) is 4.08. The maximum atomic E-state index is 12.8. The van der Waals surface area contributed by atoms with Gasteiger partial charge in [0.15, 0.2) is 11.0 Å². The Hall–Kier alpha value is -3.04. The Kier molecular flexibility index (Phi) is 8.35. The highest BCUT2D eigenvalue weighted by Crippen LogP contribution is 2.25. The van der Waals surface area contributed by atoms with Gasteiger partial charge in [0.1, 0.15) is 5.75 Å². The lowest BCUT2D eigenvalue weighted by atomic mass is 10.0. The number of benzene rings is 2. The first-order valence-corrected chi connectivity index (χ1v) is 11.7. The van der Waals surface area contributed by atoms with Gasteiger partial charge in [0, 0.05) is 18.8 Å². The zero-order chi connectivity index (χ0) is 24.0. The van der Waals surface area contributed by atoms with Crippen molar-refractivity contribution in [1.82, 2.24) is 20.1 Å². The number of carbonyl (C=O) groups is 2. The molecule has 3 rings (SSSR count). The third-order valence-corrected chi connectivity index (χ3v) is 6.25. The maximum absolute atomic E-state index is 12.8. The van der Waals surface area contributed by atoms with E-state index in [0.29, 0.717) is 33.0 Å². The molecule has 0 spiro atoms. The second kappa shape index (κ2) is 11.2. The van der Waals surface area contributed by atoms with Crippen LogP contribution < -0.4 is 15.4 Å². The molecule has 0 aliphatic heterocycles. The van der Waals surface area contributed by atoms with Crippen molar-refractivity contribution in [1.29, 1.82) is 0 Å². The number of halogens is 1. The van der Waals surface area contributed by atoms with Crippen LogP contribution in [0.15, 0.2) is 53.7 Å². The van der Waals surface area contributed by atoms with Crippen LogP contribution in [0.25, 0.3) is 0 Å². The van der Waals surface area contributed by atoms with E-state index in [9.17, 15) is 9.59 Å². The summed E-state index contributed by atoms with van der Waals surface area (Å²) in [6, 6.07) is 13.7. The van der Waals surface area contributed by atoms with E-state index in [1.807, 2.05) is 20.9 Å². The average molecular weight is 488 g/mol. The lowest BCUT2D eigenvalue weighted by molar-refractivity contribution is -0.113. The summed E-state index contributed by atoms with van der Waals surface area (Å²) in [6.07, 6.45) is 0. The van der Waals surface area contributed by atoms with E-state index in [1.54, 1.807) is 60.2 Å². The molecular formula is C23H26ClN5O3S. The van der Waals surface area contributed by atoms with Crippen molar-refractivity contribution in [3.05, 3.63) is 64.9 Å². The van der Waals surface area contributed by atoms with Crippen LogP contribution in [0, 0.1) is 5.92 Å². The molecule has 0 aliphatic rings. The van der Waals surface area contributed by atoms with Gasteiger partial charge in [0.05, 0.1) is 29.5 Å². The normalized spacial score (nSPS) is 11.8. The Morgan fingerprint density at radius 1 is 1.15 bits per heavy atom. The van der Waals surface area contributed by atoms with Gasteiger partial charge < -0.3 is 19.9 Å². The molecule has 0 radical (unpaired) electrons. The Bertz CT molecular complexity index is 1130. The number of hydrogen-bond acceptors (Lipinski definition) is 6. The summed E-state index contributed by atoms with van der Waals surface area (Å²) in [5.74, 6) is 1.01. The Morgan fingerprint density at radius 2 is 1.91 bits per heavy atom. The monoisotopic (exact) mass is 487 g/mol. The number of hydrogen-bond donors (Lipinski definition) is 2. The Morgan fingerprint density at radius 3 is 2.61 bits per heavy atom. The fourth-order valence-electron chi connectivity index (χ4n) is 3.14. The molecule has 3 aromatic rings. The van der Waals surface area contributed by atoms with Gasteiger partial charge >= 0.3 is 0 Å². The smallest absolute Gasteiger partial charge is 0.253 e. The van der Waals surface area contributed by atoms with E-state index in [1.165, 1.54) is 11.8 Å². The van der Waals surface area contributed by atoms with Gasteiger partial charge in [-0.3, -0.25) is 9.59 Å². The van der Waals surface area contributed by atoms with Crippen LogP contribution in [0.2, 0.25) is 5.02 Å². The van der Waals surface area contributed by atoms with E-state index in [0.717, 1.165) is 0 Å². The summed E-state index contributed by atoms with van der Waals surface area (Å²) in [6.45, 7) is 3.97. The van der Waals surface area contributed by atoms with E-state index in [2.05, 4.69) is 20.8 Å². The predicted octanol–water partition coefficient (Wildman–Crippen LogP) is 4.34. The maximum Gasteiger partial charge on any atom is 0.253 e. The molecule has 1 aromatic heterocycles. The first-order valence-electron chi connectivity index (χ1n) is 10.3. The van der Waals surface area contributed by atoms with Crippen molar-refractivity contribution in [2.24, 2.45) is 13.0 Å². The first kappa shape index (κ1) is 24.6. The molecule has 33 heavy (non-hydrogen) atoms. The third kappa shape index (κ3) is 6.27. The zero-order valence-electron chi connectivity index (χ0n) is 18.8. The fraction of sp³-hybridized carbons (Fsp3) is 0.304. The largest absolute Gasteiger partial charge is 0.497 e. The number of ether oxygens (including phenoxy) is 1. The number of nitrogens with one attached hydrogen (secondary N) is 2. The summed E-state index contributed by atoms with van der Waals surface area (Å²) < 4.78 is 6.97. The molecule has 174 valence electrons. The summed E-state index contributed by atoms with van der Waals surface area (Å²) in [4.78, 5) is 25.2. The number of anilines is 1. The first-order chi connectivity index (χ1) is 15.8. The molecule has 2 N–H and O–H groups in total. The number of rotatable bonds is 9. The molecule has 0 bridgehead atoms. The highest BCUT2D eigenvalue weighted by molar-refractivity contribution is 7.99. The molecule has 0 aliphatic carbocycles. The summed E-state index contributed by atoms with van der Waals surface area (Å²) >= 11 is 7.43. The molecule has 1 heterocycles. The van der Waals surface area contributed by atoms with Crippen LogP contribution in [0.3, 0.4) is 0 Å². The Labute approximate surface area is 202 Å². The highest BCUT2D eigenvalue weighted by atomic mass is 35.5. The molecule has 0 saturated heterocycles. The van der Waals surface area contributed by atoms with Gasteiger partial charge in [0.2, 0.25) is 5.91 Å². The molecule has 0 fully saturated rings. The summed E-state index contributed by atoms with van der Waals surface area (Å²) in [5, 5.41) is 15.3. The van der Waals surface area contributed by atoms with Gasteiger partial charge in [-0.15, -0.1) is 10.2 Å². The topological polar surface area (TPSA) is 98.1 Å². The lowest BCUT2D eigenvalue weighted by Gasteiger charge is -2.22. The summed E-state index contributed by atoms with van der Waals surface area (Å²) in [5.41, 5.74) is 1.05. The summed E-state index contributed by atoms with van der Waals surface area (Å²) in [7, 11) is 3.39. The van der Waals surface area contributed by atoms with Crippen LogP contribution in [0.1, 0.15) is 36.1 Å². The standard InChI is InChI=1S/C23H26ClN5O3S/c1-14(2)20(26-22(31)17-10-5-6-11-18(17)24)21-27-28-23(29(21)3)33-13-19(30)25-15-8-7-9-16(12-15)32-4/h5-12,14,20H,13H2,1-4H3,(H,25,30)(H,26,31). The van der Waals surface area contributed by atoms with E-state index in [4.69, 9.17) is 16.3 Å². The van der Waals surface area contributed by atoms with Crippen LogP contribution in [0.4, 0.5) is 5.69 Å². The molecule has 2 aromatic carbocycles. The SMILES string of the molecule is COc1cccc(NC(=O)CSc2nnc(C(NC(=O)c3ccccc3Cl)C(C)C)n2C)c1. The van der Waals surface area contributed by atoms with Crippen LogP contribution in [-0.4, -0.2) is 39.4 Å². The average Bonchev–Trinajstić information content (AvgIpc) is 3.16. The minimum Gasteiger partial charge on any atom is -0.497 e. The molecule has 8 nitrogen and oxygen atoms in total. The second-order valence-corrected chi connectivity index (χ2v) is 8.99. The molecule has 1 unspecified atom stereocenters. The second-order valence-electron chi connectivity index (χ2n) is 7.64. The van der Waals surface area contributed by atoms with Crippen molar-refractivity contribution in [3.63, 3.8) is 0 Å². The van der Waals surface area contributed by atoms with Crippen LogP contribution in [0.5, 0.6) is 5.75 Å². The number of thioether (sulfide) groups is 1. The zero-order valence-corrected chi connectivity index (χ0v) is 20.4. The number of aromatic nitrogens is 3. The van der Waals surface area contributed by atoms with E-state index >= 15 is 0 Å². The van der Waals surface area contributed by atoms with E-state index < -0.39 is 0 Å². The molecule has 10 heteroatoms. The van der Waals surface area contributed by atoms with Crippen molar-refractivity contribution < 1.29 is 14.3 Å². The van der Waals surface area contributed by atoms with Crippen molar-refractivity contribution >= 4 is 40.9 Å². The number of methoxy groups -OCH3 is 1. The van der Waals surface area contributed by atoms with Crippen LogP contribution >= 0.6 is 23.4 Å². The predicted molar refractivity (Wildman–Crippen MR) is 130 cm³/mol. The van der Waals surface area contributed by atoms with Crippen molar-refractivity contribution in [2.45, 2.75) is 25.0 Å². The quantitative estimate of drug-likeness (QED) is 0.436. The van der Waals surface area contributed by atoms with Gasteiger partial charge in [-0.2, -0.15) is 0 Å². The van der Waals surface area contributed by atoms with E-state index in [-0.39, 0.29) is 29.5 Å².